The molecule has 0 aliphatic carbocycles. The number of aryl methyl sites for hydroxylation is 2. The van der Waals surface area contributed by atoms with E-state index in [1.54, 1.807) is 0 Å². The summed E-state index contributed by atoms with van der Waals surface area (Å²) in [5.74, 6) is 2.78. The molecule has 0 bridgehead atoms. The molecule has 19 heavy (non-hydrogen) atoms. The smallest absolute Gasteiger partial charge is 0.146 e. The second-order valence-electron chi connectivity index (χ2n) is 4.56. The average Bonchev–Trinajstić information content (AvgIpc) is 2.70. The molecule has 0 atom stereocenters. The molecule has 0 saturated heterocycles. The van der Waals surface area contributed by atoms with Crippen LogP contribution < -0.4 is 10.1 Å². The van der Waals surface area contributed by atoms with E-state index in [0.29, 0.717) is 13.2 Å². The topological polar surface area (TPSA) is 52.0 Å². The maximum Gasteiger partial charge on any atom is 0.146 e. The predicted molar refractivity (Wildman–Crippen MR) is 74.1 cm³/mol. The molecule has 0 aliphatic heterocycles. The Kier molecular flexibility index (Phi) is 4.52. The predicted octanol–water partition coefficient (Wildman–Crippen LogP) is 1.60. The molecule has 0 unspecified atom stereocenters. The molecular weight excluding hydrogens is 240 g/mol. The molecule has 0 aliphatic rings. The van der Waals surface area contributed by atoms with Gasteiger partial charge in [-0.05, 0) is 31.5 Å². The van der Waals surface area contributed by atoms with Crippen molar-refractivity contribution in [1.82, 2.24) is 20.1 Å². The lowest BCUT2D eigenvalue weighted by Crippen LogP contribution is -2.22. The molecule has 0 saturated carbocycles. The van der Waals surface area contributed by atoms with E-state index in [1.165, 1.54) is 5.56 Å². The van der Waals surface area contributed by atoms with E-state index in [0.717, 1.165) is 23.9 Å². The van der Waals surface area contributed by atoms with E-state index in [4.69, 9.17) is 4.74 Å². The van der Waals surface area contributed by atoms with E-state index in [1.807, 2.05) is 36.7 Å². The second kappa shape index (κ2) is 6.33. The van der Waals surface area contributed by atoms with Gasteiger partial charge in [0.15, 0.2) is 0 Å². The van der Waals surface area contributed by atoms with Crippen molar-refractivity contribution in [3.05, 3.63) is 41.5 Å². The van der Waals surface area contributed by atoms with Crippen LogP contribution in [-0.4, -0.2) is 27.9 Å². The van der Waals surface area contributed by atoms with Crippen LogP contribution in [0.2, 0.25) is 0 Å². The molecule has 1 aromatic carbocycles. The fraction of sp³-hybridized carbons (Fsp3) is 0.429. The van der Waals surface area contributed by atoms with Gasteiger partial charge in [0.1, 0.15) is 24.0 Å². The summed E-state index contributed by atoms with van der Waals surface area (Å²) in [5.41, 5.74) is 1.21. The highest BCUT2D eigenvalue weighted by Crippen LogP contribution is 2.11. The Labute approximate surface area is 113 Å². The Balaban J connectivity index is 1.69. The van der Waals surface area contributed by atoms with Gasteiger partial charge < -0.3 is 14.6 Å². The fourth-order valence-electron chi connectivity index (χ4n) is 1.75. The quantitative estimate of drug-likeness (QED) is 0.802. The molecule has 0 spiro atoms. The summed E-state index contributed by atoms with van der Waals surface area (Å²) in [6.45, 7) is 6.12. The molecule has 2 rings (SSSR count). The lowest BCUT2D eigenvalue weighted by molar-refractivity contribution is 0.312. The largest absolute Gasteiger partial charge is 0.492 e. The van der Waals surface area contributed by atoms with Crippen LogP contribution in [0.4, 0.5) is 0 Å². The number of hydrogen-bond donors (Lipinski definition) is 1. The SMILES string of the molecule is Cc1cccc(OCCNCc2nnc(C)n2C)c1. The summed E-state index contributed by atoms with van der Waals surface area (Å²) >= 11 is 0. The normalized spacial score (nSPS) is 10.7. The first-order chi connectivity index (χ1) is 9.16. The van der Waals surface area contributed by atoms with Crippen LogP contribution in [0.15, 0.2) is 24.3 Å². The van der Waals surface area contributed by atoms with Crippen LogP contribution in [0, 0.1) is 13.8 Å². The van der Waals surface area contributed by atoms with Gasteiger partial charge in [0.25, 0.3) is 0 Å². The molecule has 2 aromatic rings. The third kappa shape index (κ3) is 3.79. The lowest BCUT2D eigenvalue weighted by Gasteiger charge is -2.08. The summed E-state index contributed by atoms with van der Waals surface area (Å²) in [7, 11) is 1.97. The number of ether oxygens (including phenoxy) is 1. The molecule has 1 heterocycles. The average molecular weight is 260 g/mol. The summed E-state index contributed by atoms with van der Waals surface area (Å²) in [4.78, 5) is 0. The highest BCUT2D eigenvalue weighted by molar-refractivity contribution is 5.27. The zero-order chi connectivity index (χ0) is 13.7. The maximum absolute atomic E-state index is 5.65. The monoisotopic (exact) mass is 260 g/mol. The van der Waals surface area contributed by atoms with Crippen molar-refractivity contribution in [2.75, 3.05) is 13.2 Å². The maximum atomic E-state index is 5.65. The summed E-state index contributed by atoms with van der Waals surface area (Å²) in [6, 6.07) is 8.06. The van der Waals surface area contributed by atoms with Crippen LogP contribution in [0.3, 0.4) is 0 Å². The highest BCUT2D eigenvalue weighted by Gasteiger charge is 2.03. The summed E-state index contributed by atoms with van der Waals surface area (Å²) in [5, 5.41) is 11.4. The van der Waals surface area contributed by atoms with Gasteiger partial charge in [0, 0.05) is 13.6 Å². The van der Waals surface area contributed by atoms with E-state index in [9.17, 15) is 0 Å². The molecule has 5 nitrogen and oxygen atoms in total. The second-order valence-corrected chi connectivity index (χ2v) is 4.56. The first-order valence-corrected chi connectivity index (χ1v) is 6.42. The molecular formula is C14H20N4O. The van der Waals surface area contributed by atoms with Crippen molar-refractivity contribution >= 4 is 0 Å². The van der Waals surface area contributed by atoms with E-state index in [-0.39, 0.29) is 0 Å². The van der Waals surface area contributed by atoms with Crippen molar-refractivity contribution in [3.8, 4) is 5.75 Å². The van der Waals surface area contributed by atoms with Crippen molar-refractivity contribution < 1.29 is 4.74 Å². The van der Waals surface area contributed by atoms with Crippen molar-refractivity contribution in [2.45, 2.75) is 20.4 Å². The number of hydrogen-bond acceptors (Lipinski definition) is 4. The molecule has 1 aromatic heterocycles. The number of aromatic nitrogens is 3. The van der Waals surface area contributed by atoms with Gasteiger partial charge in [-0.25, -0.2) is 0 Å². The van der Waals surface area contributed by atoms with Gasteiger partial charge >= 0.3 is 0 Å². The Bertz CT molecular complexity index is 536. The Morgan fingerprint density at radius 2 is 2.11 bits per heavy atom. The van der Waals surface area contributed by atoms with E-state index >= 15 is 0 Å². The summed E-state index contributed by atoms with van der Waals surface area (Å²) in [6.07, 6.45) is 0. The van der Waals surface area contributed by atoms with Crippen LogP contribution in [0.1, 0.15) is 17.2 Å². The van der Waals surface area contributed by atoms with Crippen molar-refractivity contribution in [1.29, 1.82) is 0 Å². The first kappa shape index (κ1) is 13.5. The zero-order valence-electron chi connectivity index (χ0n) is 11.7. The number of benzene rings is 1. The molecule has 102 valence electrons. The van der Waals surface area contributed by atoms with Crippen molar-refractivity contribution in [3.63, 3.8) is 0 Å². The fourth-order valence-corrected chi connectivity index (χ4v) is 1.75. The Morgan fingerprint density at radius 1 is 1.26 bits per heavy atom. The zero-order valence-corrected chi connectivity index (χ0v) is 11.7. The van der Waals surface area contributed by atoms with E-state index < -0.39 is 0 Å². The Hall–Kier alpha value is -1.88. The van der Waals surface area contributed by atoms with Gasteiger partial charge in [0.05, 0.1) is 6.54 Å². The molecule has 5 heteroatoms. The number of nitrogens with one attached hydrogen (secondary N) is 1. The van der Waals surface area contributed by atoms with Crippen LogP contribution >= 0.6 is 0 Å². The molecule has 0 amide bonds. The molecule has 0 radical (unpaired) electrons. The minimum absolute atomic E-state index is 0.639. The van der Waals surface area contributed by atoms with Crippen LogP contribution in [0.25, 0.3) is 0 Å². The minimum atomic E-state index is 0.639. The summed E-state index contributed by atoms with van der Waals surface area (Å²) < 4.78 is 7.64. The lowest BCUT2D eigenvalue weighted by atomic mass is 10.2. The standard InChI is InChI=1S/C14H20N4O/c1-11-5-4-6-13(9-11)19-8-7-15-10-14-17-16-12(2)18(14)3/h4-6,9,15H,7-8,10H2,1-3H3. The molecule has 0 fully saturated rings. The number of rotatable bonds is 6. The van der Waals surface area contributed by atoms with Crippen LogP contribution in [0.5, 0.6) is 5.75 Å². The van der Waals surface area contributed by atoms with E-state index in [2.05, 4.69) is 28.5 Å². The third-order valence-electron chi connectivity index (χ3n) is 3.00. The van der Waals surface area contributed by atoms with Gasteiger partial charge in [0.2, 0.25) is 0 Å². The van der Waals surface area contributed by atoms with Gasteiger partial charge in [-0.2, -0.15) is 0 Å². The number of nitrogens with zero attached hydrogens (tertiary/aromatic N) is 3. The third-order valence-corrected chi connectivity index (χ3v) is 3.00. The molecule has 1 N–H and O–H groups in total. The Morgan fingerprint density at radius 3 is 2.79 bits per heavy atom. The highest BCUT2D eigenvalue weighted by atomic mass is 16.5. The minimum Gasteiger partial charge on any atom is -0.492 e. The van der Waals surface area contributed by atoms with Gasteiger partial charge in [-0.1, -0.05) is 12.1 Å². The van der Waals surface area contributed by atoms with Crippen molar-refractivity contribution in [2.24, 2.45) is 7.05 Å². The van der Waals surface area contributed by atoms with Gasteiger partial charge in [-0.3, -0.25) is 0 Å². The van der Waals surface area contributed by atoms with Crippen LogP contribution in [-0.2, 0) is 13.6 Å². The first-order valence-electron chi connectivity index (χ1n) is 6.42. The van der Waals surface area contributed by atoms with Gasteiger partial charge in [-0.15, -0.1) is 10.2 Å².